The third-order valence-corrected chi connectivity index (χ3v) is 6.37. The summed E-state index contributed by atoms with van der Waals surface area (Å²) in [5, 5.41) is 0. The molecule has 1 aromatic carbocycles. The molecule has 32 heavy (non-hydrogen) atoms. The summed E-state index contributed by atoms with van der Waals surface area (Å²) < 4.78 is 9.42. The summed E-state index contributed by atoms with van der Waals surface area (Å²) in [5.41, 5.74) is 1.84. The van der Waals surface area contributed by atoms with Gasteiger partial charge in [0.15, 0.2) is 22.6 Å². The number of unbranched alkanes of at least 4 members (excludes halogenated alkanes) is 1. The van der Waals surface area contributed by atoms with Crippen LogP contribution in [0.3, 0.4) is 0 Å². The SMILES string of the molecule is CCCCn1c(=O)[nH]c(=O)c2c1nc(CN1CCCC(c3nc4ccccc4o3)C1)n2C. The Morgan fingerprint density at radius 2 is 2.06 bits per heavy atom. The molecule has 0 saturated carbocycles. The second-order valence-corrected chi connectivity index (χ2v) is 8.62. The number of hydrogen-bond acceptors (Lipinski definition) is 6. The van der Waals surface area contributed by atoms with Crippen molar-refractivity contribution in [1.82, 2.24) is 29.0 Å². The van der Waals surface area contributed by atoms with Crippen LogP contribution in [0.15, 0.2) is 38.3 Å². The molecule has 168 valence electrons. The number of oxazole rings is 1. The predicted molar refractivity (Wildman–Crippen MR) is 122 cm³/mol. The van der Waals surface area contributed by atoms with Crippen LogP contribution in [-0.4, -0.2) is 42.1 Å². The summed E-state index contributed by atoms with van der Waals surface area (Å²) >= 11 is 0. The first kappa shape index (κ1) is 20.7. The largest absolute Gasteiger partial charge is 0.440 e. The molecule has 0 amide bonds. The minimum absolute atomic E-state index is 0.219. The number of benzene rings is 1. The summed E-state index contributed by atoms with van der Waals surface area (Å²) in [5.74, 6) is 1.78. The van der Waals surface area contributed by atoms with Crippen LogP contribution in [-0.2, 0) is 20.1 Å². The minimum Gasteiger partial charge on any atom is -0.440 e. The number of aryl methyl sites for hydroxylation is 2. The molecule has 0 radical (unpaired) electrons. The van der Waals surface area contributed by atoms with Gasteiger partial charge in [-0.05, 0) is 37.9 Å². The third-order valence-electron chi connectivity index (χ3n) is 6.37. The van der Waals surface area contributed by atoms with Crippen molar-refractivity contribution in [3.8, 4) is 0 Å². The topological polar surface area (TPSA) is 102 Å². The second kappa shape index (κ2) is 8.38. The third kappa shape index (κ3) is 3.66. The van der Waals surface area contributed by atoms with Crippen LogP contribution in [0, 0.1) is 0 Å². The summed E-state index contributed by atoms with van der Waals surface area (Å²) in [6.45, 7) is 4.97. The number of rotatable bonds is 6. The molecule has 4 heterocycles. The first-order valence-corrected chi connectivity index (χ1v) is 11.3. The Kier molecular flexibility index (Phi) is 5.42. The molecular weight excluding hydrogens is 408 g/mol. The van der Waals surface area contributed by atoms with Gasteiger partial charge < -0.3 is 8.98 Å². The van der Waals surface area contributed by atoms with Gasteiger partial charge in [-0.15, -0.1) is 0 Å². The smallest absolute Gasteiger partial charge is 0.330 e. The van der Waals surface area contributed by atoms with Gasteiger partial charge in [-0.1, -0.05) is 25.5 Å². The van der Waals surface area contributed by atoms with Crippen molar-refractivity contribution in [2.45, 2.75) is 51.6 Å². The predicted octanol–water partition coefficient (Wildman–Crippen LogP) is 2.74. The number of H-pyrrole nitrogens is 1. The molecule has 0 spiro atoms. The van der Waals surface area contributed by atoms with E-state index in [1.165, 1.54) is 0 Å². The van der Waals surface area contributed by atoms with Crippen LogP contribution < -0.4 is 11.2 Å². The Labute approximate surface area is 184 Å². The van der Waals surface area contributed by atoms with Gasteiger partial charge in [-0.2, -0.15) is 0 Å². The fourth-order valence-electron chi connectivity index (χ4n) is 4.62. The number of imidazole rings is 1. The molecule has 1 atom stereocenters. The molecule has 1 aliphatic rings. The molecule has 1 N–H and O–H groups in total. The van der Waals surface area contributed by atoms with Crippen LogP contribution in [0.1, 0.15) is 50.2 Å². The Morgan fingerprint density at radius 3 is 2.88 bits per heavy atom. The Hall–Kier alpha value is -3.20. The number of likely N-dealkylation sites (tertiary alicyclic amines) is 1. The van der Waals surface area contributed by atoms with E-state index >= 15 is 0 Å². The molecule has 1 aliphatic heterocycles. The number of aromatic nitrogens is 5. The van der Waals surface area contributed by atoms with Crippen molar-refractivity contribution in [3.63, 3.8) is 0 Å². The summed E-state index contributed by atoms with van der Waals surface area (Å²) in [6, 6.07) is 7.84. The minimum atomic E-state index is -0.394. The maximum absolute atomic E-state index is 12.5. The number of aromatic amines is 1. The van der Waals surface area contributed by atoms with Crippen molar-refractivity contribution >= 4 is 22.3 Å². The zero-order chi connectivity index (χ0) is 22.2. The standard InChI is InChI=1S/C23H28N6O3/c1-3-4-12-29-20-19(21(30)26-23(29)31)27(2)18(25-20)14-28-11-7-8-15(13-28)22-24-16-9-5-6-10-17(16)32-22/h5-6,9-10,15H,3-4,7-8,11-14H2,1-2H3,(H,26,30,31). The molecule has 1 unspecified atom stereocenters. The van der Waals surface area contributed by atoms with Gasteiger partial charge in [-0.3, -0.25) is 19.2 Å². The van der Waals surface area contributed by atoms with E-state index in [0.717, 1.165) is 61.6 Å². The average Bonchev–Trinajstić information content (AvgIpc) is 3.36. The monoisotopic (exact) mass is 436 g/mol. The fraction of sp³-hybridized carbons (Fsp3) is 0.478. The van der Waals surface area contributed by atoms with E-state index in [9.17, 15) is 9.59 Å². The molecule has 9 nitrogen and oxygen atoms in total. The first-order valence-electron chi connectivity index (χ1n) is 11.3. The lowest BCUT2D eigenvalue weighted by atomic mass is 9.98. The maximum Gasteiger partial charge on any atom is 0.330 e. The fourth-order valence-corrected chi connectivity index (χ4v) is 4.62. The van der Waals surface area contributed by atoms with E-state index in [1.54, 1.807) is 4.57 Å². The lowest BCUT2D eigenvalue weighted by Crippen LogP contribution is -2.34. The molecule has 1 fully saturated rings. The average molecular weight is 437 g/mol. The molecule has 0 aliphatic carbocycles. The van der Waals surface area contributed by atoms with E-state index in [0.29, 0.717) is 24.3 Å². The van der Waals surface area contributed by atoms with Crippen LogP contribution >= 0.6 is 0 Å². The summed E-state index contributed by atoms with van der Waals surface area (Å²) in [4.78, 5) is 39.1. The van der Waals surface area contributed by atoms with Gasteiger partial charge in [0.05, 0.1) is 6.54 Å². The van der Waals surface area contributed by atoms with Crippen molar-refractivity contribution in [1.29, 1.82) is 0 Å². The molecule has 9 heteroatoms. The van der Waals surface area contributed by atoms with Crippen LogP contribution in [0.25, 0.3) is 22.3 Å². The van der Waals surface area contributed by atoms with Crippen molar-refractivity contribution in [2.24, 2.45) is 7.05 Å². The lowest BCUT2D eigenvalue weighted by Gasteiger charge is -2.30. The maximum atomic E-state index is 12.5. The zero-order valence-electron chi connectivity index (χ0n) is 18.5. The molecule has 3 aromatic heterocycles. The Bertz CT molecular complexity index is 1350. The first-order chi connectivity index (χ1) is 15.5. The lowest BCUT2D eigenvalue weighted by molar-refractivity contribution is 0.182. The quantitative estimate of drug-likeness (QED) is 0.499. The van der Waals surface area contributed by atoms with Crippen molar-refractivity contribution < 1.29 is 4.42 Å². The van der Waals surface area contributed by atoms with Crippen molar-refractivity contribution in [2.75, 3.05) is 13.1 Å². The summed E-state index contributed by atoms with van der Waals surface area (Å²) in [6.07, 6.45) is 3.88. The Balaban J connectivity index is 1.42. The van der Waals surface area contributed by atoms with Crippen LogP contribution in [0.5, 0.6) is 0 Å². The molecule has 0 bridgehead atoms. The van der Waals surface area contributed by atoms with E-state index in [-0.39, 0.29) is 11.5 Å². The van der Waals surface area contributed by atoms with Gasteiger partial charge in [0.2, 0.25) is 0 Å². The highest BCUT2D eigenvalue weighted by molar-refractivity contribution is 5.72. The number of piperidine rings is 1. The molecular formula is C23H28N6O3. The van der Waals surface area contributed by atoms with E-state index in [1.807, 2.05) is 35.9 Å². The van der Waals surface area contributed by atoms with Gasteiger partial charge in [0, 0.05) is 26.1 Å². The normalized spacial score (nSPS) is 17.5. The van der Waals surface area contributed by atoms with E-state index in [4.69, 9.17) is 14.4 Å². The highest BCUT2D eigenvalue weighted by Gasteiger charge is 2.27. The van der Waals surface area contributed by atoms with Crippen LogP contribution in [0.4, 0.5) is 0 Å². The number of para-hydroxylation sites is 2. The van der Waals surface area contributed by atoms with Gasteiger partial charge >= 0.3 is 5.69 Å². The van der Waals surface area contributed by atoms with E-state index in [2.05, 4.69) is 16.8 Å². The van der Waals surface area contributed by atoms with Gasteiger partial charge in [0.1, 0.15) is 11.3 Å². The molecule has 1 saturated heterocycles. The number of nitrogens with zero attached hydrogens (tertiary/aromatic N) is 5. The highest BCUT2D eigenvalue weighted by Crippen LogP contribution is 2.29. The Morgan fingerprint density at radius 1 is 1.22 bits per heavy atom. The number of nitrogens with one attached hydrogen (secondary N) is 1. The zero-order valence-corrected chi connectivity index (χ0v) is 18.5. The highest BCUT2D eigenvalue weighted by atomic mass is 16.3. The molecule has 5 rings (SSSR count). The number of fused-ring (bicyclic) bond motifs is 2. The van der Waals surface area contributed by atoms with Gasteiger partial charge in [0.25, 0.3) is 5.56 Å². The number of hydrogen-bond donors (Lipinski definition) is 1. The van der Waals surface area contributed by atoms with Crippen LogP contribution in [0.2, 0.25) is 0 Å². The van der Waals surface area contributed by atoms with Gasteiger partial charge in [-0.25, -0.2) is 14.8 Å². The van der Waals surface area contributed by atoms with E-state index < -0.39 is 5.69 Å². The summed E-state index contributed by atoms with van der Waals surface area (Å²) in [7, 11) is 1.84. The second-order valence-electron chi connectivity index (χ2n) is 8.62. The van der Waals surface area contributed by atoms with Crippen molar-refractivity contribution in [3.05, 3.63) is 56.8 Å². The molecule has 4 aromatic rings.